The van der Waals surface area contributed by atoms with Crippen molar-refractivity contribution >= 4 is 11.6 Å². The van der Waals surface area contributed by atoms with Crippen LogP contribution < -0.4 is 10.5 Å². The summed E-state index contributed by atoms with van der Waals surface area (Å²) in [5.41, 5.74) is 6.79. The number of ether oxygens (including phenoxy) is 2. The molecule has 90 valence electrons. The number of benzene rings is 1. The predicted octanol–water partition coefficient (Wildman–Crippen LogP) is 2.78. The van der Waals surface area contributed by atoms with Gasteiger partial charge in [-0.2, -0.15) is 0 Å². The normalized spacial score (nSPS) is 12.5. The van der Waals surface area contributed by atoms with E-state index in [-0.39, 0.29) is 6.04 Å². The Morgan fingerprint density at radius 3 is 2.75 bits per heavy atom. The van der Waals surface area contributed by atoms with Gasteiger partial charge in [-0.25, -0.2) is 0 Å². The van der Waals surface area contributed by atoms with Crippen molar-refractivity contribution in [3.63, 3.8) is 0 Å². The third-order valence-electron chi connectivity index (χ3n) is 2.21. The summed E-state index contributed by atoms with van der Waals surface area (Å²) in [4.78, 5) is 0. The molecule has 0 amide bonds. The summed E-state index contributed by atoms with van der Waals surface area (Å²) in [5, 5.41) is 0.677. The number of hydrogen-bond acceptors (Lipinski definition) is 3. The molecule has 0 saturated heterocycles. The molecule has 0 aromatic heterocycles. The number of hydrogen-bond donors (Lipinski definition) is 1. The molecule has 0 aliphatic carbocycles. The monoisotopic (exact) mass is 243 g/mol. The lowest BCUT2D eigenvalue weighted by Gasteiger charge is -2.14. The fraction of sp³-hybridized carbons (Fsp3) is 0.500. The smallest absolute Gasteiger partial charge is 0.124 e. The Hall–Kier alpha value is -0.770. The van der Waals surface area contributed by atoms with Gasteiger partial charge in [-0.1, -0.05) is 11.6 Å². The van der Waals surface area contributed by atoms with Crippen LogP contribution in [0.15, 0.2) is 18.2 Å². The Labute approximate surface area is 101 Å². The lowest BCUT2D eigenvalue weighted by atomic mass is 10.1. The molecular weight excluding hydrogens is 226 g/mol. The molecule has 2 N–H and O–H groups in total. The first-order chi connectivity index (χ1) is 7.65. The van der Waals surface area contributed by atoms with E-state index in [9.17, 15) is 0 Å². The largest absolute Gasteiger partial charge is 0.493 e. The van der Waals surface area contributed by atoms with Crippen LogP contribution in [0.1, 0.15) is 24.9 Å². The SMILES string of the molecule is COCCCOc1ccc(Cl)cc1[C@H](C)N. The molecule has 1 aromatic rings. The van der Waals surface area contributed by atoms with E-state index in [1.54, 1.807) is 13.2 Å². The van der Waals surface area contributed by atoms with Crippen LogP contribution in [0.4, 0.5) is 0 Å². The fourth-order valence-electron chi connectivity index (χ4n) is 1.39. The average molecular weight is 244 g/mol. The van der Waals surface area contributed by atoms with E-state index in [0.717, 1.165) is 17.7 Å². The molecule has 0 saturated carbocycles. The number of halogens is 1. The predicted molar refractivity (Wildman–Crippen MR) is 66.0 cm³/mol. The van der Waals surface area contributed by atoms with Crippen LogP contribution in [-0.4, -0.2) is 20.3 Å². The van der Waals surface area contributed by atoms with Crippen LogP contribution in [-0.2, 0) is 4.74 Å². The fourth-order valence-corrected chi connectivity index (χ4v) is 1.57. The van der Waals surface area contributed by atoms with Crippen molar-refractivity contribution in [2.45, 2.75) is 19.4 Å². The first-order valence-corrected chi connectivity index (χ1v) is 5.69. The highest BCUT2D eigenvalue weighted by atomic mass is 35.5. The summed E-state index contributed by atoms with van der Waals surface area (Å²) >= 11 is 5.91. The van der Waals surface area contributed by atoms with Gasteiger partial charge in [0.05, 0.1) is 6.61 Å². The highest BCUT2D eigenvalue weighted by Gasteiger charge is 2.08. The Morgan fingerprint density at radius 2 is 2.12 bits per heavy atom. The van der Waals surface area contributed by atoms with Gasteiger partial charge in [0.25, 0.3) is 0 Å². The summed E-state index contributed by atoms with van der Waals surface area (Å²) in [6, 6.07) is 5.42. The van der Waals surface area contributed by atoms with Crippen LogP contribution in [0.25, 0.3) is 0 Å². The number of nitrogens with two attached hydrogens (primary N) is 1. The molecule has 0 aliphatic rings. The van der Waals surface area contributed by atoms with E-state index in [1.807, 2.05) is 19.1 Å². The summed E-state index contributed by atoms with van der Waals surface area (Å²) < 4.78 is 10.6. The summed E-state index contributed by atoms with van der Waals surface area (Å²) in [6.07, 6.45) is 0.859. The zero-order valence-electron chi connectivity index (χ0n) is 9.70. The summed E-state index contributed by atoms with van der Waals surface area (Å²) in [6.45, 7) is 3.23. The lowest BCUT2D eigenvalue weighted by Crippen LogP contribution is -2.09. The summed E-state index contributed by atoms with van der Waals surface area (Å²) in [5.74, 6) is 0.801. The van der Waals surface area contributed by atoms with Crippen molar-refractivity contribution in [2.75, 3.05) is 20.3 Å². The highest BCUT2D eigenvalue weighted by Crippen LogP contribution is 2.27. The lowest BCUT2D eigenvalue weighted by molar-refractivity contribution is 0.171. The molecule has 4 heteroatoms. The second kappa shape index (κ2) is 6.74. The number of methoxy groups -OCH3 is 1. The summed E-state index contributed by atoms with van der Waals surface area (Å²) in [7, 11) is 1.68. The van der Waals surface area contributed by atoms with Gasteiger partial charge in [-0.3, -0.25) is 0 Å². The van der Waals surface area contributed by atoms with Gasteiger partial charge in [0, 0.05) is 36.8 Å². The van der Waals surface area contributed by atoms with Crippen LogP contribution in [0, 0.1) is 0 Å². The topological polar surface area (TPSA) is 44.5 Å². The molecule has 1 aromatic carbocycles. The van der Waals surface area contributed by atoms with Crippen molar-refractivity contribution in [3.05, 3.63) is 28.8 Å². The minimum atomic E-state index is -0.0869. The van der Waals surface area contributed by atoms with Crippen molar-refractivity contribution in [1.82, 2.24) is 0 Å². The van der Waals surface area contributed by atoms with Gasteiger partial charge in [0.15, 0.2) is 0 Å². The maximum atomic E-state index is 5.91. The van der Waals surface area contributed by atoms with Crippen LogP contribution in [0.3, 0.4) is 0 Å². The molecule has 0 spiro atoms. The molecule has 16 heavy (non-hydrogen) atoms. The Kier molecular flexibility index (Phi) is 5.60. The third kappa shape index (κ3) is 4.00. The second-order valence-corrected chi connectivity index (χ2v) is 4.10. The highest BCUT2D eigenvalue weighted by molar-refractivity contribution is 6.30. The molecule has 0 bridgehead atoms. The first-order valence-electron chi connectivity index (χ1n) is 5.32. The maximum absolute atomic E-state index is 5.91. The minimum absolute atomic E-state index is 0.0869. The third-order valence-corrected chi connectivity index (χ3v) is 2.45. The van der Waals surface area contributed by atoms with Gasteiger partial charge in [-0.05, 0) is 25.1 Å². The van der Waals surface area contributed by atoms with Gasteiger partial charge < -0.3 is 15.2 Å². The van der Waals surface area contributed by atoms with E-state index in [0.29, 0.717) is 18.2 Å². The van der Waals surface area contributed by atoms with E-state index in [4.69, 9.17) is 26.8 Å². The van der Waals surface area contributed by atoms with Crippen molar-refractivity contribution in [3.8, 4) is 5.75 Å². The Bertz CT molecular complexity index is 329. The van der Waals surface area contributed by atoms with Gasteiger partial charge >= 0.3 is 0 Å². The zero-order chi connectivity index (χ0) is 12.0. The van der Waals surface area contributed by atoms with Crippen LogP contribution in [0.5, 0.6) is 5.75 Å². The van der Waals surface area contributed by atoms with Gasteiger partial charge in [-0.15, -0.1) is 0 Å². The second-order valence-electron chi connectivity index (χ2n) is 3.67. The van der Waals surface area contributed by atoms with Crippen LogP contribution in [0.2, 0.25) is 5.02 Å². The molecule has 0 heterocycles. The quantitative estimate of drug-likeness (QED) is 0.782. The average Bonchev–Trinajstić information content (AvgIpc) is 2.26. The molecule has 3 nitrogen and oxygen atoms in total. The van der Waals surface area contributed by atoms with E-state index in [1.165, 1.54) is 0 Å². The van der Waals surface area contributed by atoms with Crippen molar-refractivity contribution in [2.24, 2.45) is 5.73 Å². The van der Waals surface area contributed by atoms with Crippen molar-refractivity contribution in [1.29, 1.82) is 0 Å². The standard InChI is InChI=1S/C12H18ClNO2/c1-9(14)11-8-10(13)4-5-12(11)16-7-3-6-15-2/h4-5,8-9H,3,6-7,14H2,1-2H3/t9-/m0/s1. The van der Waals surface area contributed by atoms with Gasteiger partial charge in [0.1, 0.15) is 5.75 Å². The van der Waals surface area contributed by atoms with E-state index in [2.05, 4.69) is 0 Å². The molecule has 0 fully saturated rings. The first kappa shape index (κ1) is 13.3. The maximum Gasteiger partial charge on any atom is 0.124 e. The van der Waals surface area contributed by atoms with Crippen molar-refractivity contribution < 1.29 is 9.47 Å². The molecule has 0 unspecified atom stereocenters. The Balaban J connectivity index is 2.64. The number of rotatable bonds is 6. The van der Waals surface area contributed by atoms with E-state index >= 15 is 0 Å². The Morgan fingerprint density at radius 1 is 1.38 bits per heavy atom. The van der Waals surface area contributed by atoms with Crippen LogP contribution >= 0.6 is 11.6 Å². The molecular formula is C12H18ClNO2. The molecule has 1 atom stereocenters. The molecule has 0 aliphatic heterocycles. The minimum Gasteiger partial charge on any atom is -0.493 e. The molecule has 1 rings (SSSR count). The zero-order valence-corrected chi connectivity index (χ0v) is 10.5. The van der Waals surface area contributed by atoms with E-state index < -0.39 is 0 Å². The molecule has 0 radical (unpaired) electrons. The van der Waals surface area contributed by atoms with Gasteiger partial charge in [0.2, 0.25) is 0 Å².